The Balaban J connectivity index is 1.24. The van der Waals surface area contributed by atoms with E-state index < -0.39 is 10.0 Å². The van der Waals surface area contributed by atoms with Crippen molar-refractivity contribution >= 4 is 27.3 Å². The van der Waals surface area contributed by atoms with Crippen molar-refractivity contribution in [2.75, 3.05) is 4.72 Å². The quantitative estimate of drug-likeness (QED) is 0.283. The number of aromatic nitrogens is 4. The highest BCUT2D eigenvalue weighted by molar-refractivity contribution is 7.92. The van der Waals surface area contributed by atoms with Crippen LogP contribution in [0.3, 0.4) is 0 Å². The van der Waals surface area contributed by atoms with Gasteiger partial charge in [-0.25, -0.2) is 13.4 Å². The summed E-state index contributed by atoms with van der Waals surface area (Å²) >= 11 is 5.93. The van der Waals surface area contributed by atoms with Gasteiger partial charge in [-0.05, 0) is 66.1 Å². The van der Waals surface area contributed by atoms with Crippen LogP contribution in [0, 0.1) is 0 Å². The zero-order valence-corrected chi connectivity index (χ0v) is 20.9. The normalized spacial score (nSPS) is 11.5. The van der Waals surface area contributed by atoms with E-state index in [0.717, 1.165) is 23.1 Å². The summed E-state index contributed by atoms with van der Waals surface area (Å²) in [6.45, 7) is 2.56. The molecule has 0 aliphatic carbocycles. The van der Waals surface area contributed by atoms with Crippen LogP contribution in [0.1, 0.15) is 18.1 Å². The van der Waals surface area contributed by atoms with Crippen molar-refractivity contribution in [3.05, 3.63) is 101 Å². The molecule has 0 aliphatic rings. The lowest BCUT2D eigenvalue weighted by atomic mass is 10.2. The Morgan fingerprint density at radius 2 is 1.64 bits per heavy atom. The molecule has 0 spiro atoms. The molecule has 0 saturated heterocycles. The highest BCUT2D eigenvalue weighted by atomic mass is 35.5. The zero-order chi connectivity index (χ0) is 25.1. The smallest absolute Gasteiger partial charge is 0.278 e. The maximum atomic E-state index is 12.7. The lowest BCUT2D eigenvalue weighted by Gasteiger charge is -2.10. The van der Waals surface area contributed by atoms with Gasteiger partial charge < -0.3 is 9.09 Å². The van der Waals surface area contributed by atoms with Crippen molar-refractivity contribution < 1.29 is 12.9 Å². The predicted molar refractivity (Wildman–Crippen MR) is 138 cm³/mol. The van der Waals surface area contributed by atoms with Gasteiger partial charge in [0.15, 0.2) is 0 Å². The summed E-state index contributed by atoms with van der Waals surface area (Å²) in [5.41, 5.74) is 3.90. The standard InChI is InChI=1S/C26H22ClN5O3S/c1-2-18-5-13-23(14-6-18)36(33,34)31-22-11-3-19(4-12-22)15-32-16-24(28-17-32)26-29-25(30-35-26)20-7-9-21(27)10-8-20/h3-14,16-17,31H,2,15H2,1H3. The van der Waals surface area contributed by atoms with Crippen LogP contribution < -0.4 is 4.72 Å². The van der Waals surface area contributed by atoms with E-state index >= 15 is 0 Å². The Morgan fingerprint density at radius 1 is 0.944 bits per heavy atom. The lowest BCUT2D eigenvalue weighted by molar-refractivity contribution is 0.431. The van der Waals surface area contributed by atoms with Gasteiger partial charge in [0.2, 0.25) is 5.82 Å². The summed E-state index contributed by atoms with van der Waals surface area (Å²) in [5, 5.41) is 4.65. The fraction of sp³-hybridized carbons (Fsp3) is 0.115. The van der Waals surface area contributed by atoms with E-state index in [4.69, 9.17) is 16.1 Å². The largest absolute Gasteiger partial charge is 0.332 e. The number of rotatable bonds is 8. The Kier molecular flexibility index (Phi) is 6.58. The Hall–Kier alpha value is -3.95. The van der Waals surface area contributed by atoms with Gasteiger partial charge in [-0.1, -0.05) is 47.9 Å². The minimum atomic E-state index is -3.65. The van der Waals surface area contributed by atoms with Crippen molar-refractivity contribution in [1.82, 2.24) is 19.7 Å². The Labute approximate surface area is 213 Å². The molecule has 0 fully saturated rings. The first kappa shape index (κ1) is 23.8. The molecule has 8 nitrogen and oxygen atoms in total. The SMILES string of the molecule is CCc1ccc(S(=O)(=O)Nc2ccc(Cn3cnc(-c4nc(-c5ccc(Cl)cc5)no4)c3)cc2)cc1. The molecule has 2 aromatic heterocycles. The first-order chi connectivity index (χ1) is 17.4. The number of halogens is 1. The number of nitrogens with one attached hydrogen (secondary N) is 1. The fourth-order valence-corrected chi connectivity index (χ4v) is 4.79. The van der Waals surface area contributed by atoms with E-state index in [1.165, 1.54) is 0 Å². The first-order valence-corrected chi connectivity index (χ1v) is 13.1. The number of anilines is 1. The molecule has 1 N–H and O–H groups in total. The molecule has 10 heteroatoms. The predicted octanol–water partition coefficient (Wildman–Crippen LogP) is 5.67. The third kappa shape index (κ3) is 5.32. The van der Waals surface area contributed by atoms with Gasteiger partial charge in [-0.15, -0.1) is 0 Å². The second-order valence-electron chi connectivity index (χ2n) is 8.16. The molecule has 5 rings (SSSR count). The van der Waals surface area contributed by atoms with E-state index in [9.17, 15) is 8.42 Å². The van der Waals surface area contributed by atoms with Crippen molar-refractivity contribution in [3.63, 3.8) is 0 Å². The summed E-state index contributed by atoms with van der Waals surface area (Å²) in [5.74, 6) is 0.769. The molecule has 0 aliphatic heterocycles. The van der Waals surface area contributed by atoms with Crippen molar-refractivity contribution in [2.45, 2.75) is 24.8 Å². The molecule has 2 heterocycles. The zero-order valence-electron chi connectivity index (χ0n) is 19.3. The first-order valence-electron chi connectivity index (χ1n) is 11.2. The van der Waals surface area contributed by atoms with Crippen LogP contribution in [0.2, 0.25) is 5.02 Å². The number of hydrogen-bond acceptors (Lipinski definition) is 6. The van der Waals surface area contributed by atoms with Crippen LogP contribution in [0.25, 0.3) is 23.0 Å². The Bertz CT molecular complexity index is 1580. The number of aryl methyl sites for hydroxylation is 1. The highest BCUT2D eigenvalue weighted by Crippen LogP contribution is 2.23. The minimum Gasteiger partial charge on any atom is -0.332 e. The van der Waals surface area contributed by atoms with E-state index in [1.807, 2.05) is 54.1 Å². The monoisotopic (exact) mass is 519 g/mol. The lowest BCUT2D eigenvalue weighted by Crippen LogP contribution is -2.13. The Morgan fingerprint density at radius 3 is 2.33 bits per heavy atom. The molecule has 0 amide bonds. The van der Waals surface area contributed by atoms with Gasteiger partial charge in [0.25, 0.3) is 15.9 Å². The van der Waals surface area contributed by atoms with Crippen molar-refractivity contribution in [1.29, 1.82) is 0 Å². The maximum Gasteiger partial charge on any atom is 0.278 e. The van der Waals surface area contributed by atoms with Crippen LogP contribution in [0.5, 0.6) is 0 Å². The third-order valence-electron chi connectivity index (χ3n) is 5.59. The summed E-state index contributed by atoms with van der Waals surface area (Å²) in [6, 6.07) is 21.3. The summed E-state index contributed by atoms with van der Waals surface area (Å²) in [4.78, 5) is 9.02. The van der Waals surface area contributed by atoms with Gasteiger partial charge in [0, 0.05) is 29.0 Å². The van der Waals surface area contributed by atoms with E-state index in [1.54, 1.807) is 42.7 Å². The molecule has 0 atom stereocenters. The van der Waals surface area contributed by atoms with Gasteiger partial charge in [0.05, 0.1) is 11.2 Å². The maximum absolute atomic E-state index is 12.7. The van der Waals surface area contributed by atoms with Crippen LogP contribution in [0.4, 0.5) is 5.69 Å². The average Bonchev–Trinajstić information content (AvgIpc) is 3.56. The van der Waals surface area contributed by atoms with Crippen molar-refractivity contribution in [2.24, 2.45) is 0 Å². The number of imidazole rings is 1. The van der Waals surface area contributed by atoms with E-state index in [0.29, 0.717) is 34.7 Å². The van der Waals surface area contributed by atoms with E-state index in [2.05, 4.69) is 19.8 Å². The van der Waals surface area contributed by atoms with Gasteiger partial charge in [0.1, 0.15) is 5.69 Å². The number of hydrogen-bond donors (Lipinski definition) is 1. The summed E-state index contributed by atoms with van der Waals surface area (Å²) in [7, 11) is -3.65. The molecule has 36 heavy (non-hydrogen) atoms. The molecule has 3 aromatic carbocycles. The minimum absolute atomic E-state index is 0.231. The molecule has 0 bridgehead atoms. The molecule has 0 saturated carbocycles. The van der Waals surface area contributed by atoms with Crippen LogP contribution in [0.15, 0.2) is 94.7 Å². The second kappa shape index (κ2) is 9.96. The van der Waals surface area contributed by atoms with Gasteiger partial charge in [-0.3, -0.25) is 4.72 Å². The number of benzene rings is 3. The van der Waals surface area contributed by atoms with Crippen LogP contribution in [-0.2, 0) is 23.0 Å². The molecular formula is C26H22ClN5O3S. The van der Waals surface area contributed by atoms with Crippen molar-refractivity contribution in [3.8, 4) is 23.0 Å². The molecular weight excluding hydrogens is 498 g/mol. The summed E-state index contributed by atoms with van der Waals surface area (Å²) < 4.78 is 35.2. The summed E-state index contributed by atoms with van der Waals surface area (Å²) in [6.07, 6.45) is 4.35. The average molecular weight is 520 g/mol. The molecule has 5 aromatic rings. The fourth-order valence-electron chi connectivity index (χ4n) is 3.61. The second-order valence-corrected chi connectivity index (χ2v) is 10.3. The molecule has 182 valence electrons. The van der Waals surface area contributed by atoms with Crippen LogP contribution in [-0.4, -0.2) is 28.1 Å². The third-order valence-corrected chi connectivity index (χ3v) is 7.24. The highest BCUT2D eigenvalue weighted by Gasteiger charge is 2.15. The van der Waals surface area contributed by atoms with Gasteiger partial charge >= 0.3 is 0 Å². The van der Waals surface area contributed by atoms with E-state index in [-0.39, 0.29) is 4.90 Å². The van der Waals surface area contributed by atoms with Crippen LogP contribution >= 0.6 is 11.6 Å². The molecule has 0 unspecified atom stereocenters. The molecule has 0 radical (unpaired) electrons. The number of nitrogens with zero attached hydrogens (tertiary/aromatic N) is 4. The topological polar surface area (TPSA) is 103 Å². The van der Waals surface area contributed by atoms with Gasteiger partial charge in [-0.2, -0.15) is 4.98 Å². The number of sulfonamides is 1.